The number of nitrogens with one attached hydrogen (secondary N) is 1. The molecule has 0 aromatic carbocycles. The average Bonchev–Trinajstić information content (AvgIpc) is 2.80. The van der Waals surface area contributed by atoms with Crippen molar-refractivity contribution in [1.29, 1.82) is 0 Å². The third kappa shape index (κ3) is 3.13. The fourth-order valence-corrected chi connectivity index (χ4v) is 3.20. The van der Waals surface area contributed by atoms with Crippen molar-refractivity contribution in [3.63, 3.8) is 0 Å². The Balaban J connectivity index is 1.99. The van der Waals surface area contributed by atoms with Gasteiger partial charge in [0.2, 0.25) is 5.91 Å². The van der Waals surface area contributed by atoms with Crippen molar-refractivity contribution < 1.29 is 4.79 Å². The molecular formula is C16H30N2O. The summed E-state index contributed by atoms with van der Waals surface area (Å²) < 4.78 is 0. The predicted molar refractivity (Wildman–Crippen MR) is 78.7 cm³/mol. The van der Waals surface area contributed by atoms with Crippen LogP contribution in [0, 0.1) is 17.3 Å². The second kappa shape index (κ2) is 5.43. The van der Waals surface area contributed by atoms with Crippen LogP contribution in [0.3, 0.4) is 0 Å². The molecule has 1 aliphatic carbocycles. The monoisotopic (exact) mass is 266 g/mol. The lowest BCUT2D eigenvalue weighted by Gasteiger charge is -2.27. The van der Waals surface area contributed by atoms with Crippen LogP contribution in [0.4, 0.5) is 0 Å². The highest BCUT2D eigenvalue weighted by Crippen LogP contribution is 2.52. The molecule has 0 spiro atoms. The maximum atomic E-state index is 12.6. The Morgan fingerprint density at radius 2 is 2.05 bits per heavy atom. The first kappa shape index (κ1) is 14.8. The second-order valence-electron chi connectivity index (χ2n) is 7.43. The van der Waals surface area contributed by atoms with Gasteiger partial charge in [0.1, 0.15) is 0 Å². The predicted octanol–water partition coefficient (Wildman–Crippen LogP) is 3.01. The van der Waals surface area contributed by atoms with Gasteiger partial charge >= 0.3 is 0 Å². The molecule has 1 saturated carbocycles. The lowest BCUT2D eigenvalue weighted by molar-refractivity contribution is -0.131. The van der Waals surface area contributed by atoms with Gasteiger partial charge in [-0.3, -0.25) is 10.1 Å². The van der Waals surface area contributed by atoms with Crippen molar-refractivity contribution in [3.8, 4) is 0 Å². The van der Waals surface area contributed by atoms with E-state index in [-0.39, 0.29) is 12.2 Å². The van der Waals surface area contributed by atoms with Gasteiger partial charge in [0.25, 0.3) is 0 Å². The molecule has 3 nitrogen and oxygen atoms in total. The smallest absolute Gasteiger partial charge is 0.241 e. The number of hydrogen-bond acceptors (Lipinski definition) is 2. The molecule has 0 radical (unpaired) electrons. The Labute approximate surface area is 118 Å². The summed E-state index contributed by atoms with van der Waals surface area (Å²) in [6.07, 6.45) is 4.79. The van der Waals surface area contributed by atoms with Crippen molar-refractivity contribution >= 4 is 5.91 Å². The SMILES string of the molecule is CCCCC1NC(C(C)C)N(CC2CC2(C)C)C1=O. The second-order valence-corrected chi connectivity index (χ2v) is 7.43. The van der Waals surface area contributed by atoms with Gasteiger partial charge < -0.3 is 4.90 Å². The Kier molecular flexibility index (Phi) is 4.24. The zero-order chi connectivity index (χ0) is 14.2. The molecule has 0 bridgehead atoms. The molecule has 1 amide bonds. The maximum absolute atomic E-state index is 12.6. The van der Waals surface area contributed by atoms with Gasteiger partial charge in [-0.25, -0.2) is 0 Å². The molecular weight excluding hydrogens is 236 g/mol. The number of carbonyl (C=O) groups is 1. The van der Waals surface area contributed by atoms with Crippen molar-refractivity contribution in [1.82, 2.24) is 10.2 Å². The van der Waals surface area contributed by atoms with Gasteiger partial charge in [0.15, 0.2) is 0 Å². The fraction of sp³-hybridized carbons (Fsp3) is 0.938. The molecule has 2 aliphatic rings. The highest BCUT2D eigenvalue weighted by molar-refractivity contribution is 5.84. The molecule has 2 fully saturated rings. The Morgan fingerprint density at radius 1 is 1.42 bits per heavy atom. The summed E-state index contributed by atoms with van der Waals surface area (Å²) in [6.45, 7) is 12.2. The number of carbonyl (C=O) groups excluding carboxylic acids is 1. The van der Waals surface area contributed by atoms with E-state index in [1.165, 1.54) is 6.42 Å². The van der Waals surface area contributed by atoms with Gasteiger partial charge in [0.05, 0.1) is 12.2 Å². The van der Waals surface area contributed by atoms with E-state index in [0.717, 1.165) is 25.8 Å². The number of amides is 1. The van der Waals surface area contributed by atoms with E-state index in [0.29, 0.717) is 23.2 Å². The van der Waals surface area contributed by atoms with Crippen molar-refractivity contribution in [2.75, 3.05) is 6.54 Å². The minimum absolute atomic E-state index is 0.0641. The summed E-state index contributed by atoms with van der Waals surface area (Å²) in [7, 11) is 0. The van der Waals surface area contributed by atoms with Crippen LogP contribution in [0.15, 0.2) is 0 Å². The third-order valence-corrected chi connectivity index (χ3v) is 4.90. The Morgan fingerprint density at radius 3 is 2.53 bits per heavy atom. The highest BCUT2D eigenvalue weighted by Gasteiger charge is 2.49. The van der Waals surface area contributed by atoms with Crippen LogP contribution in [0.1, 0.15) is 60.3 Å². The van der Waals surface area contributed by atoms with Crippen molar-refractivity contribution in [2.24, 2.45) is 17.3 Å². The summed E-state index contributed by atoms with van der Waals surface area (Å²) in [6, 6.07) is 0.0641. The molecule has 3 heteroatoms. The molecule has 19 heavy (non-hydrogen) atoms. The number of hydrogen-bond donors (Lipinski definition) is 1. The molecule has 3 atom stereocenters. The van der Waals surface area contributed by atoms with Gasteiger partial charge in [-0.1, -0.05) is 47.5 Å². The zero-order valence-corrected chi connectivity index (χ0v) is 13.2. The lowest BCUT2D eigenvalue weighted by Crippen LogP contribution is -2.42. The molecule has 0 aromatic heterocycles. The summed E-state index contributed by atoms with van der Waals surface area (Å²) in [5.74, 6) is 1.52. The standard InChI is InChI=1S/C16H30N2O/c1-6-7-8-13-15(19)18(14(17-13)11(2)3)10-12-9-16(12,4)5/h11-14,17H,6-10H2,1-5H3. The maximum Gasteiger partial charge on any atom is 0.241 e. The minimum Gasteiger partial charge on any atom is -0.325 e. The van der Waals surface area contributed by atoms with Crippen LogP contribution >= 0.6 is 0 Å². The Bertz CT molecular complexity index is 338. The van der Waals surface area contributed by atoms with Gasteiger partial charge in [-0.2, -0.15) is 0 Å². The molecule has 2 rings (SSSR count). The summed E-state index contributed by atoms with van der Waals surface area (Å²) >= 11 is 0. The van der Waals surface area contributed by atoms with Gasteiger partial charge in [-0.05, 0) is 30.1 Å². The minimum atomic E-state index is 0.0641. The molecule has 110 valence electrons. The number of unbranched alkanes of at least 4 members (excludes halogenated alkanes) is 1. The lowest BCUT2D eigenvalue weighted by atomic mass is 10.1. The average molecular weight is 266 g/mol. The van der Waals surface area contributed by atoms with E-state index in [9.17, 15) is 4.79 Å². The van der Waals surface area contributed by atoms with E-state index in [2.05, 4.69) is 44.8 Å². The fourth-order valence-electron chi connectivity index (χ4n) is 3.20. The van der Waals surface area contributed by atoms with E-state index >= 15 is 0 Å². The molecule has 3 unspecified atom stereocenters. The number of rotatable bonds is 6. The Hall–Kier alpha value is -0.570. The van der Waals surface area contributed by atoms with Crippen LogP contribution < -0.4 is 5.32 Å². The number of nitrogens with zero attached hydrogens (tertiary/aromatic N) is 1. The van der Waals surface area contributed by atoms with Gasteiger partial charge in [0, 0.05) is 6.54 Å². The first-order valence-electron chi connectivity index (χ1n) is 7.93. The van der Waals surface area contributed by atoms with Crippen LogP contribution in [0.25, 0.3) is 0 Å². The first-order chi connectivity index (χ1) is 8.86. The first-order valence-corrected chi connectivity index (χ1v) is 7.93. The quantitative estimate of drug-likeness (QED) is 0.801. The van der Waals surface area contributed by atoms with Crippen LogP contribution in [0.2, 0.25) is 0 Å². The summed E-state index contributed by atoms with van der Waals surface area (Å²) in [5, 5.41) is 3.56. The molecule has 1 heterocycles. The third-order valence-electron chi connectivity index (χ3n) is 4.90. The summed E-state index contributed by atoms with van der Waals surface area (Å²) in [4.78, 5) is 14.7. The zero-order valence-electron chi connectivity index (χ0n) is 13.2. The largest absolute Gasteiger partial charge is 0.325 e. The van der Waals surface area contributed by atoms with Crippen LogP contribution in [-0.2, 0) is 4.79 Å². The van der Waals surface area contributed by atoms with Crippen LogP contribution in [0.5, 0.6) is 0 Å². The topological polar surface area (TPSA) is 32.3 Å². The van der Waals surface area contributed by atoms with Gasteiger partial charge in [-0.15, -0.1) is 0 Å². The summed E-state index contributed by atoms with van der Waals surface area (Å²) in [5.41, 5.74) is 0.448. The highest BCUT2D eigenvalue weighted by atomic mass is 16.2. The van der Waals surface area contributed by atoms with Crippen LogP contribution in [-0.4, -0.2) is 29.6 Å². The normalized spacial score (nSPS) is 33.3. The molecule has 1 N–H and O–H groups in total. The van der Waals surface area contributed by atoms with E-state index in [1.807, 2.05) is 0 Å². The molecule has 1 aliphatic heterocycles. The van der Waals surface area contributed by atoms with Crippen molar-refractivity contribution in [2.45, 2.75) is 72.5 Å². The molecule has 0 aromatic rings. The van der Waals surface area contributed by atoms with E-state index < -0.39 is 0 Å². The van der Waals surface area contributed by atoms with Crippen molar-refractivity contribution in [3.05, 3.63) is 0 Å². The molecule has 1 saturated heterocycles. The van der Waals surface area contributed by atoms with E-state index in [1.54, 1.807) is 0 Å². The van der Waals surface area contributed by atoms with E-state index in [4.69, 9.17) is 0 Å².